The summed E-state index contributed by atoms with van der Waals surface area (Å²) in [5.74, 6) is -0.110. The van der Waals surface area contributed by atoms with Gasteiger partial charge in [-0.05, 0) is 43.5 Å². The van der Waals surface area contributed by atoms with E-state index in [1.54, 1.807) is 6.07 Å². The Morgan fingerprint density at radius 3 is 2.86 bits per heavy atom. The molecule has 0 aromatic heterocycles. The summed E-state index contributed by atoms with van der Waals surface area (Å²) in [6, 6.07) is 5.74. The standard InChI is InChI=1S/C17H21Cl2NO2/c1-2-22-16(21)7-4-10-20-11-8-13(9-12-20)14-5-3-6-15(18)17(14)19/h3,5-6,8H,2,4,7,9-12H2,1H3. The topological polar surface area (TPSA) is 29.5 Å². The van der Waals surface area contributed by atoms with Crippen LogP contribution < -0.4 is 0 Å². The Hall–Kier alpha value is -1.03. The molecule has 1 aliphatic rings. The van der Waals surface area contributed by atoms with Crippen LogP contribution in [0.3, 0.4) is 0 Å². The van der Waals surface area contributed by atoms with Crippen molar-refractivity contribution in [3.05, 3.63) is 39.9 Å². The third-order valence-corrected chi connectivity index (χ3v) is 4.57. The van der Waals surface area contributed by atoms with Crippen LogP contribution in [0.15, 0.2) is 24.3 Å². The molecule has 0 spiro atoms. The summed E-state index contributed by atoms with van der Waals surface area (Å²) in [6.07, 6.45) is 4.46. The minimum Gasteiger partial charge on any atom is -0.466 e. The highest BCUT2D eigenvalue weighted by Crippen LogP contribution is 2.33. The predicted octanol–water partition coefficient (Wildman–Crippen LogP) is 4.43. The maximum Gasteiger partial charge on any atom is 0.305 e. The number of carbonyl (C=O) groups excluding carboxylic acids is 1. The first-order valence-corrected chi connectivity index (χ1v) is 8.38. The molecule has 0 aliphatic carbocycles. The van der Waals surface area contributed by atoms with E-state index in [2.05, 4.69) is 11.0 Å². The van der Waals surface area contributed by atoms with Crippen molar-refractivity contribution in [2.24, 2.45) is 0 Å². The number of halogens is 2. The van der Waals surface area contributed by atoms with E-state index >= 15 is 0 Å². The molecule has 0 bridgehead atoms. The molecule has 1 heterocycles. The number of esters is 1. The maximum atomic E-state index is 11.3. The highest BCUT2D eigenvalue weighted by atomic mass is 35.5. The SMILES string of the molecule is CCOC(=O)CCCN1CC=C(c2cccc(Cl)c2Cl)CC1. The van der Waals surface area contributed by atoms with Gasteiger partial charge in [0.25, 0.3) is 0 Å². The van der Waals surface area contributed by atoms with Gasteiger partial charge in [-0.25, -0.2) is 0 Å². The smallest absolute Gasteiger partial charge is 0.305 e. The summed E-state index contributed by atoms with van der Waals surface area (Å²) in [5.41, 5.74) is 2.27. The van der Waals surface area contributed by atoms with Gasteiger partial charge in [0.2, 0.25) is 0 Å². The lowest BCUT2D eigenvalue weighted by molar-refractivity contribution is -0.143. The van der Waals surface area contributed by atoms with Gasteiger partial charge in [-0.3, -0.25) is 9.69 Å². The van der Waals surface area contributed by atoms with Crippen LogP contribution in [0, 0.1) is 0 Å². The number of ether oxygens (including phenoxy) is 1. The van der Waals surface area contributed by atoms with Crippen molar-refractivity contribution in [3.8, 4) is 0 Å². The Morgan fingerprint density at radius 2 is 2.18 bits per heavy atom. The highest BCUT2D eigenvalue weighted by Gasteiger charge is 2.16. The molecule has 0 N–H and O–H groups in total. The van der Waals surface area contributed by atoms with E-state index in [1.807, 2.05) is 19.1 Å². The minimum atomic E-state index is -0.110. The number of carbonyl (C=O) groups is 1. The molecule has 0 radical (unpaired) electrons. The number of hydrogen-bond acceptors (Lipinski definition) is 3. The molecular weight excluding hydrogens is 321 g/mol. The first-order valence-electron chi connectivity index (χ1n) is 7.63. The van der Waals surface area contributed by atoms with E-state index in [4.69, 9.17) is 27.9 Å². The van der Waals surface area contributed by atoms with Gasteiger partial charge < -0.3 is 4.74 Å². The average Bonchev–Trinajstić information content (AvgIpc) is 2.51. The monoisotopic (exact) mass is 341 g/mol. The number of rotatable bonds is 6. The second-order valence-corrected chi connectivity index (χ2v) is 6.08. The van der Waals surface area contributed by atoms with Crippen molar-refractivity contribution in [2.75, 3.05) is 26.2 Å². The molecule has 3 nitrogen and oxygen atoms in total. The molecule has 120 valence electrons. The molecule has 1 aromatic carbocycles. The van der Waals surface area contributed by atoms with E-state index in [0.717, 1.165) is 38.0 Å². The fraction of sp³-hybridized carbons (Fsp3) is 0.471. The van der Waals surface area contributed by atoms with Gasteiger partial charge in [0.1, 0.15) is 0 Å². The van der Waals surface area contributed by atoms with E-state index in [1.165, 1.54) is 5.57 Å². The van der Waals surface area contributed by atoms with Gasteiger partial charge in [-0.15, -0.1) is 0 Å². The number of hydrogen-bond donors (Lipinski definition) is 0. The fourth-order valence-electron chi connectivity index (χ4n) is 2.59. The van der Waals surface area contributed by atoms with Crippen molar-refractivity contribution < 1.29 is 9.53 Å². The molecule has 0 amide bonds. The molecule has 5 heteroatoms. The molecular formula is C17H21Cl2NO2. The van der Waals surface area contributed by atoms with Crippen molar-refractivity contribution in [2.45, 2.75) is 26.2 Å². The number of nitrogens with zero attached hydrogens (tertiary/aromatic N) is 1. The van der Waals surface area contributed by atoms with Gasteiger partial charge in [0.15, 0.2) is 0 Å². The van der Waals surface area contributed by atoms with E-state index in [9.17, 15) is 4.79 Å². The Balaban J connectivity index is 1.85. The van der Waals surface area contributed by atoms with Crippen LogP contribution >= 0.6 is 23.2 Å². The lowest BCUT2D eigenvalue weighted by Crippen LogP contribution is -2.29. The highest BCUT2D eigenvalue weighted by molar-refractivity contribution is 6.43. The van der Waals surface area contributed by atoms with Crippen LogP contribution in [0.2, 0.25) is 10.0 Å². The molecule has 2 rings (SSSR count). The van der Waals surface area contributed by atoms with E-state index in [-0.39, 0.29) is 5.97 Å². The van der Waals surface area contributed by atoms with Gasteiger partial charge in [0.05, 0.1) is 16.7 Å². The second kappa shape index (κ2) is 8.56. The first-order chi connectivity index (χ1) is 10.6. The molecule has 0 saturated carbocycles. The molecule has 1 aromatic rings. The summed E-state index contributed by atoms with van der Waals surface area (Å²) < 4.78 is 4.93. The van der Waals surface area contributed by atoms with Crippen molar-refractivity contribution in [1.29, 1.82) is 0 Å². The van der Waals surface area contributed by atoms with Crippen molar-refractivity contribution in [1.82, 2.24) is 4.90 Å². The van der Waals surface area contributed by atoms with Crippen LogP contribution in [-0.2, 0) is 9.53 Å². The molecule has 0 fully saturated rings. The number of benzene rings is 1. The Bertz CT molecular complexity index is 558. The van der Waals surface area contributed by atoms with Crippen molar-refractivity contribution in [3.63, 3.8) is 0 Å². The lowest BCUT2D eigenvalue weighted by Gasteiger charge is -2.26. The molecule has 1 aliphatic heterocycles. The average molecular weight is 342 g/mol. The lowest BCUT2D eigenvalue weighted by atomic mass is 9.99. The van der Waals surface area contributed by atoms with Crippen LogP contribution in [-0.4, -0.2) is 37.1 Å². The normalized spacial score (nSPS) is 15.5. The Morgan fingerprint density at radius 1 is 1.36 bits per heavy atom. The largest absolute Gasteiger partial charge is 0.466 e. The zero-order valence-electron chi connectivity index (χ0n) is 12.8. The quantitative estimate of drug-likeness (QED) is 0.717. The second-order valence-electron chi connectivity index (χ2n) is 5.29. The van der Waals surface area contributed by atoms with E-state index in [0.29, 0.717) is 23.1 Å². The van der Waals surface area contributed by atoms with Gasteiger partial charge >= 0.3 is 5.97 Å². The molecule has 0 atom stereocenters. The summed E-state index contributed by atoms with van der Waals surface area (Å²) in [4.78, 5) is 13.6. The van der Waals surface area contributed by atoms with Crippen molar-refractivity contribution >= 4 is 34.7 Å². The fourth-order valence-corrected chi connectivity index (χ4v) is 3.01. The summed E-state index contributed by atoms with van der Waals surface area (Å²) in [5, 5.41) is 1.23. The minimum absolute atomic E-state index is 0.110. The summed E-state index contributed by atoms with van der Waals surface area (Å²) >= 11 is 12.3. The Labute approximate surface area is 141 Å². The van der Waals surface area contributed by atoms with Crippen LogP contribution in [0.1, 0.15) is 31.7 Å². The zero-order valence-corrected chi connectivity index (χ0v) is 14.3. The van der Waals surface area contributed by atoms with Gasteiger partial charge in [-0.2, -0.15) is 0 Å². The van der Waals surface area contributed by atoms with Gasteiger partial charge in [0, 0.05) is 19.5 Å². The molecule has 0 unspecified atom stereocenters. The van der Waals surface area contributed by atoms with Crippen LogP contribution in [0.4, 0.5) is 0 Å². The predicted molar refractivity (Wildman–Crippen MR) is 91.4 cm³/mol. The maximum absolute atomic E-state index is 11.3. The van der Waals surface area contributed by atoms with Crippen LogP contribution in [0.25, 0.3) is 5.57 Å². The summed E-state index contributed by atoms with van der Waals surface area (Å²) in [7, 11) is 0. The molecule has 22 heavy (non-hydrogen) atoms. The first kappa shape index (κ1) is 17.3. The third-order valence-electron chi connectivity index (χ3n) is 3.75. The summed E-state index contributed by atoms with van der Waals surface area (Å²) in [6.45, 7) is 5.04. The zero-order chi connectivity index (χ0) is 15.9. The van der Waals surface area contributed by atoms with Gasteiger partial charge in [-0.1, -0.05) is 41.4 Å². The van der Waals surface area contributed by atoms with E-state index < -0.39 is 0 Å². The molecule has 0 saturated heterocycles. The Kier molecular flexibility index (Phi) is 6.74. The van der Waals surface area contributed by atoms with Crippen LogP contribution in [0.5, 0.6) is 0 Å². The third kappa shape index (κ3) is 4.73.